The van der Waals surface area contributed by atoms with E-state index in [-0.39, 0.29) is 6.10 Å². The van der Waals surface area contributed by atoms with E-state index >= 15 is 0 Å². The summed E-state index contributed by atoms with van der Waals surface area (Å²) in [6, 6.07) is 8.25. The Morgan fingerprint density at radius 2 is 1.74 bits per heavy atom. The van der Waals surface area contributed by atoms with Gasteiger partial charge < -0.3 is 10.0 Å². The van der Waals surface area contributed by atoms with Crippen LogP contribution < -0.4 is 4.90 Å². The molecule has 2 unspecified atom stereocenters. The van der Waals surface area contributed by atoms with Gasteiger partial charge in [0.15, 0.2) is 0 Å². The lowest BCUT2D eigenvalue weighted by molar-refractivity contribution is 0.139. The molecule has 108 valence electrons. The van der Waals surface area contributed by atoms with Crippen molar-refractivity contribution in [1.82, 2.24) is 0 Å². The molecule has 2 nitrogen and oxygen atoms in total. The maximum absolute atomic E-state index is 10.3. The predicted molar refractivity (Wildman–Crippen MR) is 83.7 cm³/mol. The first-order chi connectivity index (χ1) is 9.08. The van der Waals surface area contributed by atoms with Crippen molar-refractivity contribution in [2.45, 2.75) is 52.1 Å². The Bertz CT molecular complexity index is 345. The molecule has 1 rings (SSSR count). The number of anilines is 1. The SMILES string of the molecule is CCCCC(CC)CC(O)c1ccc(N(C)C)cc1. The van der Waals surface area contributed by atoms with Gasteiger partial charge in [0, 0.05) is 19.8 Å². The summed E-state index contributed by atoms with van der Waals surface area (Å²) in [7, 11) is 4.06. The Labute approximate surface area is 118 Å². The van der Waals surface area contributed by atoms with Gasteiger partial charge in [0.25, 0.3) is 0 Å². The molecule has 1 aromatic carbocycles. The molecule has 19 heavy (non-hydrogen) atoms. The molecule has 2 atom stereocenters. The molecule has 0 bridgehead atoms. The number of aliphatic hydroxyl groups is 1. The Kier molecular flexibility index (Phi) is 6.93. The van der Waals surface area contributed by atoms with Crippen molar-refractivity contribution in [1.29, 1.82) is 0 Å². The summed E-state index contributed by atoms with van der Waals surface area (Å²) >= 11 is 0. The first-order valence-electron chi connectivity index (χ1n) is 7.53. The second kappa shape index (κ2) is 8.21. The largest absolute Gasteiger partial charge is 0.388 e. The second-order valence-electron chi connectivity index (χ2n) is 5.65. The van der Waals surface area contributed by atoms with Gasteiger partial charge in [-0.3, -0.25) is 0 Å². The molecule has 1 N–H and O–H groups in total. The average molecular weight is 263 g/mol. The summed E-state index contributed by atoms with van der Waals surface area (Å²) in [4.78, 5) is 2.08. The molecule has 0 aliphatic rings. The summed E-state index contributed by atoms with van der Waals surface area (Å²) in [5.74, 6) is 0.642. The molecule has 2 heteroatoms. The number of rotatable bonds is 8. The molecule has 0 aromatic heterocycles. The molecule has 0 amide bonds. The van der Waals surface area contributed by atoms with Crippen LogP contribution in [0.25, 0.3) is 0 Å². The van der Waals surface area contributed by atoms with E-state index in [1.807, 2.05) is 26.2 Å². The van der Waals surface area contributed by atoms with Crippen LogP contribution in [0.3, 0.4) is 0 Å². The third-order valence-corrected chi connectivity index (χ3v) is 3.89. The zero-order valence-electron chi connectivity index (χ0n) is 12.9. The van der Waals surface area contributed by atoms with Gasteiger partial charge in [-0.1, -0.05) is 51.7 Å². The first-order valence-corrected chi connectivity index (χ1v) is 7.53. The molecule has 0 spiro atoms. The Hall–Kier alpha value is -1.02. The minimum atomic E-state index is -0.321. The molecule has 0 fully saturated rings. The highest BCUT2D eigenvalue weighted by molar-refractivity contribution is 5.46. The Balaban J connectivity index is 2.58. The van der Waals surface area contributed by atoms with Gasteiger partial charge in [0.1, 0.15) is 0 Å². The standard InChI is InChI=1S/C17H29NO/c1-5-7-8-14(6-2)13-17(19)15-9-11-16(12-10-15)18(3)4/h9-12,14,17,19H,5-8,13H2,1-4H3. The summed E-state index contributed by atoms with van der Waals surface area (Å²) < 4.78 is 0. The zero-order valence-corrected chi connectivity index (χ0v) is 12.9. The van der Waals surface area contributed by atoms with Crippen molar-refractivity contribution in [3.63, 3.8) is 0 Å². The molecule has 1 aromatic rings. The van der Waals surface area contributed by atoms with Crippen LogP contribution in [-0.2, 0) is 0 Å². The quantitative estimate of drug-likeness (QED) is 0.751. The van der Waals surface area contributed by atoms with Gasteiger partial charge in [-0.15, -0.1) is 0 Å². The van der Waals surface area contributed by atoms with Crippen LogP contribution in [0.5, 0.6) is 0 Å². The highest BCUT2D eigenvalue weighted by atomic mass is 16.3. The molecule has 0 heterocycles. The van der Waals surface area contributed by atoms with Crippen LogP contribution in [0.1, 0.15) is 57.6 Å². The summed E-state index contributed by atoms with van der Waals surface area (Å²) in [5.41, 5.74) is 2.22. The van der Waals surface area contributed by atoms with Crippen molar-refractivity contribution in [3.8, 4) is 0 Å². The fourth-order valence-corrected chi connectivity index (χ4v) is 2.43. The van der Waals surface area contributed by atoms with Crippen molar-refractivity contribution in [2.24, 2.45) is 5.92 Å². The van der Waals surface area contributed by atoms with Crippen LogP contribution >= 0.6 is 0 Å². The topological polar surface area (TPSA) is 23.5 Å². The number of aliphatic hydroxyl groups excluding tert-OH is 1. The van der Waals surface area contributed by atoms with Crippen molar-refractivity contribution < 1.29 is 5.11 Å². The predicted octanol–water partition coefficient (Wildman–Crippen LogP) is 4.39. The number of nitrogens with zero attached hydrogens (tertiary/aromatic N) is 1. The monoisotopic (exact) mass is 263 g/mol. The van der Waals surface area contributed by atoms with E-state index in [4.69, 9.17) is 0 Å². The maximum Gasteiger partial charge on any atom is 0.0792 e. The number of hydrogen-bond donors (Lipinski definition) is 1. The molecule has 0 radical (unpaired) electrons. The van der Waals surface area contributed by atoms with Crippen LogP contribution in [-0.4, -0.2) is 19.2 Å². The number of hydrogen-bond acceptors (Lipinski definition) is 2. The summed E-state index contributed by atoms with van der Waals surface area (Å²) in [6.07, 6.45) is 5.47. The van der Waals surface area contributed by atoms with Gasteiger partial charge >= 0.3 is 0 Å². The van der Waals surface area contributed by atoms with Gasteiger partial charge in [0.2, 0.25) is 0 Å². The Morgan fingerprint density at radius 3 is 2.21 bits per heavy atom. The minimum absolute atomic E-state index is 0.321. The number of unbranched alkanes of at least 4 members (excludes halogenated alkanes) is 1. The van der Waals surface area contributed by atoms with Crippen LogP contribution in [0.4, 0.5) is 5.69 Å². The minimum Gasteiger partial charge on any atom is -0.388 e. The van der Waals surface area contributed by atoms with E-state index in [2.05, 4.69) is 30.9 Å². The first kappa shape index (κ1) is 16.0. The molecule has 0 aliphatic heterocycles. The Morgan fingerprint density at radius 1 is 1.11 bits per heavy atom. The third kappa shape index (κ3) is 5.23. The maximum atomic E-state index is 10.3. The normalized spacial score (nSPS) is 14.2. The van der Waals surface area contributed by atoms with Crippen molar-refractivity contribution in [2.75, 3.05) is 19.0 Å². The summed E-state index contributed by atoms with van der Waals surface area (Å²) in [5, 5.41) is 10.3. The molecular formula is C17H29NO. The fourth-order valence-electron chi connectivity index (χ4n) is 2.43. The van der Waals surface area contributed by atoms with E-state index in [1.165, 1.54) is 24.9 Å². The highest BCUT2D eigenvalue weighted by Crippen LogP contribution is 2.27. The molecule has 0 aliphatic carbocycles. The fraction of sp³-hybridized carbons (Fsp3) is 0.647. The van der Waals surface area contributed by atoms with Gasteiger partial charge in [-0.05, 0) is 30.0 Å². The molecule has 0 saturated carbocycles. The van der Waals surface area contributed by atoms with Gasteiger partial charge in [-0.2, -0.15) is 0 Å². The van der Waals surface area contributed by atoms with E-state index in [1.54, 1.807) is 0 Å². The molecular weight excluding hydrogens is 234 g/mol. The smallest absolute Gasteiger partial charge is 0.0792 e. The van der Waals surface area contributed by atoms with E-state index in [9.17, 15) is 5.11 Å². The van der Waals surface area contributed by atoms with Crippen molar-refractivity contribution >= 4 is 5.69 Å². The zero-order chi connectivity index (χ0) is 14.3. The van der Waals surface area contributed by atoms with Crippen LogP contribution in [0.2, 0.25) is 0 Å². The lowest BCUT2D eigenvalue weighted by Crippen LogP contribution is -2.10. The lowest BCUT2D eigenvalue weighted by atomic mass is 9.90. The van der Waals surface area contributed by atoms with E-state index in [0.29, 0.717) is 5.92 Å². The number of benzene rings is 1. The lowest BCUT2D eigenvalue weighted by Gasteiger charge is -2.20. The van der Waals surface area contributed by atoms with Gasteiger partial charge in [-0.25, -0.2) is 0 Å². The third-order valence-electron chi connectivity index (χ3n) is 3.89. The van der Waals surface area contributed by atoms with E-state index in [0.717, 1.165) is 18.4 Å². The van der Waals surface area contributed by atoms with Crippen LogP contribution in [0, 0.1) is 5.92 Å². The summed E-state index contributed by atoms with van der Waals surface area (Å²) in [6.45, 7) is 4.45. The van der Waals surface area contributed by atoms with Gasteiger partial charge in [0.05, 0.1) is 6.10 Å². The van der Waals surface area contributed by atoms with Crippen molar-refractivity contribution in [3.05, 3.63) is 29.8 Å². The molecule has 0 saturated heterocycles. The highest BCUT2D eigenvalue weighted by Gasteiger charge is 2.14. The second-order valence-corrected chi connectivity index (χ2v) is 5.65. The average Bonchev–Trinajstić information content (AvgIpc) is 2.43. The van der Waals surface area contributed by atoms with Crippen LogP contribution in [0.15, 0.2) is 24.3 Å². The van der Waals surface area contributed by atoms with E-state index < -0.39 is 0 Å².